The van der Waals surface area contributed by atoms with E-state index >= 15 is 0 Å². The molecule has 0 aromatic heterocycles. The molecular formula is C24H20AsI. The summed E-state index contributed by atoms with van der Waals surface area (Å²) < 4.78 is 5.70. The number of rotatable bonds is 4. The average Bonchev–Trinajstić information content (AvgIpc) is 2.76. The summed E-state index contributed by atoms with van der Waals surface area (Å²) in [5.74, 6) is 0. The van der Waals surface area contributed by atoms with Crippen molar-refractivity contribution in [2.45, 2.75) is 0 Å². The fraction of sp³-hybridized carbons (Fsp3) is 0. The van der Waals surface area contributed by atoms with Crippen LogP contribution >= 0.6 is 20.1 Å². The first-order chi connectivity index (χ1) is 12.7. The van der Waals surface area contributed by atoms with E-state index < -0.39 is 9.10 Å². The van der Waals surface area contributed by atoms with Gasteiger partial charge in [0.2, 0.25) is 0 Å². The van der Waals surface area contributed by atoms with Gasteiger partial charge in [-0.3, -0.25) is 0 Å². The van der Waals surface area contributed by atoms with E-state index in [0.717, 1.165) is 0 Å². The molecule has 0 amide bonds. The van der Waals surface area contributed by atoms with Gasteiger partial charge in [-0.25, -0.2) is 0 Å². The van der Waals surface area contributed by atoms with Gasteiger partial charge in [0.05, 0.1) is 0 Å². The van der Waals surface area contributed by atoms with E-state index in [2.05, 4.69) is 141 Å². The summed E-state index contributed by atoms with van der Waals surface area (Å²) in [6.07, 6.45) is 0. The Hall–Kier alpha value is -1.83. The molecule has 0 bridgehead atoms. The monoisotopic (exact) mass is 510 g/mol. The average molecular weight is 510 g/mol. The summed E-state index contributed by atoms with van der Waals surface area (Å²) in [6.45, 7) is 0. The van der Waals surface area contributed by atoms with Gasteiger partial charge in [0.25, 0.3) is 0 Å². The molecule has 0 nitrogen and oxygen atoms in total. The van der Waals surface area contributed by atoms with Gasteiger partial charge in [-0.15, -0.1) is 0 Å². The summed E-state index contributed by atoms with van der Waals surface area (Å²) >= 11 is 2.85. The van der Waals surface area contributed by atoms with Crippen LogP contribution in [0.15, 0.2) is 121 Å². The van der Waals surface area contributed by atoms with Crippen LogP contribution in [0.25, 0.3) is 0 Å². The summed E-state index contributed by atoms with van der Waals surface area (Å²) in [4.78, 5) is 0. The molecule has 2 heteroatoms. The Balaban J connectivity index is 2.23. The Morgan fingerprint density at radius 2 is 0.538 bits per heavy atom. The molecule has 0 N–H and O–H groups in total. The first-order valence-corrected chi connectivity index (χ1v) is 18.2. The van der Waals surface area contributed by atoms with Crippen LogP contribution in [0.3, 0.4) is 0 Å². The van der Waals surface area contributed by atoms with Crippen LogP contribution in [0.2, 0.25) is 0 Å². The van der Waals surface area contributed by atoms with E-state index in [-0.39, 0.29) is 0 Å². The summed E-state index contributed by atoms with van der Waals surface area (Å²) in [5.41, 5.74) is 0. The topological polar surface area (TPSA) is 0 Å². The number of benzene rings is 4. The van der Waals surface area contributed by atoms with Gasteiger partial charge in [-0.05, 0) is 0 Å². The van der Waals surface area contributed by atoms with Gasteiger partial charge in [0.1, 0.15) is 0 Å². The zero-order chi connectivity index (χ0) is 17.9. The molecule has 4 rings (SSSR count). The van der Waals surface area contributed by atoms with Gasteiger partial charge >= 0.3 is 168 Å². The van der Waals surface area contributed by atoms with Crippen LogP contribution in [0.1, 0.15) is 0 Å². The van der Waals surface area contributed by atoms with E-state index in [9.17, 15) is 0 Å². The molecule has 0 aliphatic rings. The molecule has 0 unspecified atom stereocenters. The predicted molar refractivity (Wildman–Crippen MR) is 124 cm³/mol. The van der Waals surface area contributed by atoms with Crippen LogP contribution in [-0.2, 0) is 0 Å². The molecule has 0 heterocycles. The third-order valence-corrected chi connectivity index (χ3v) is 27.2. The predicted octanol–water partition coefficient (Wildman–Crippen LogP) is 3.95. The molecule has 0 saturated carbocycles. The van der Waals surface area contributed by atoms with Crippen molar-refractivity contribution in [1.29, 1.82) is 0 Å². The van der Waals surface area contributed by atoms with E-state index in [1.807, 2.05) is 0 Å². The summed E-state index contributed by atoms with van der Waals surface area (Å²) in [5, 5.41) is 0. The maximum absolute atomic E-state index is 3.58. The first-order valence-electron chi connectivity index (χ1n) is 8.71. The zero-order valence-electron chi connectivity index (χ0n) is 14.4. The van der Waals surface area contributed by atoms with Crippen molar-refractivity contribution in [3.05, 3.63) is 121 Å². The molecule has 4 aromatic carbocycles. The van der Waals surface area contributed by atoms with Crippen molar-refractivity contribution in [2.75, 3.05) is 0 Å². The van der Waals surface area contributed by atoms with Crippen LogP contribution in [0.5, 0.6) is 0 Å². The summed E-state index contributed by atoms with van der Waals surface area (Å²) in [7, 11) is -3.58. The van der Waals surface area contributed by atoms with Crippen LogP contribution in [0, 0.1) is 0 Å². The molecule has 0 radical (unpaired) electrons. The Morgan fingerprint density at radius 1 is 0.346 bits per heavy atom. The second-order valence-corrected chi connectivity index (χ2v) is 24.9. The molecule has 0 spiro atoms. The fourth-order valence-electron chi connectivity index (χ4n) is 3.73. The second kappa shape index (κ2) is 7.06. The molecule has 0 atom stereocenters. The van der Waals surface area contributed by atoms with Crippen molar-refractivity contribution < 1.29 is 0 Å². The van der Waals surface area contributed by atoms with Gasteiger partial charge < -0.3 is 0 Å². The number of halogens is 1. The zero-order valence-corrected chi connectivity index (χ0v) is 18.4. The molecule has 128 valence electrons. The number of hydrogen-bond acceptors (Lipinski definition) is 0. The van der Waals surface area contributed by atoms with Crippen LogP contribution in [-0.4, -0.2) is 9.10 Å². The van der Waals surface area contributed by atoms with E-state index in [1.54, 1.807) is 0 Å². The van der Waals surface area contributed by atoms with Gasteiger partial charge in [0.15, 0.2) is 0 Å². The Kier molecular flexibility index (Phi) is 4.77. The Morgan fingerprint density at radius 3 is 0.731 bits per heavy atom. The van der Waals surface area contributed by atoms with Gasteiger partial charge in [-0.2, -0.15) is 0 Å². The fourth-order valence-corrected chi connectivity index (χ4v) is 20.3. The van der Waals surface area contributed by atoms with Crippen molar-refractivity contribution in [3.63, 3.8) is 0 Å². The molecule has 0 fully saturated rings. The van der Waals surface area contributed by atoms with Crippen LogP contribution in [0.4, 0.5) is 0 Å². The molecule has 26 heavy (non-hydrogen) atoms. The molecule has 0 saturated heterocycles. The van der Waals surface area contributed by atoms with E-state index in [4.69, 9.17) is 0 Å². The molecular weight excluding hydrogens is 490 g/mol. The quantitative estimate of drug-likeness (QED) is 0.288. The molecule has 0 aliphatic carbocycles. The third kappa shape index (κ3) is 2.57. The Bertz CT molecular complexity index is 814. The minimum absolute atomic E-state index is 1.43. The standard InChI is InChI=1S/C24H20AsI/c26-25(21-13-5-1-6-14-21,22-15-7-2-8-16-22,23-17-9-3-10-18-23)24-19-11-4-12-20-24/h1-20H. The van der Waals surface area contributed by atoms with Gasteiger partial charge in [-0.1, -0.05) is 0 Å². The third-order valence-electron chi connectivity index (χ3n) is 4.96. The Labute approximate surface area is 167 Å². The van der Waals surface area contributed by atoms with Crippen molar-refractivity contribution in [2.24, 2.45) is 0 Å². The number of hydrogen-bond donors (Lipinski definition) is 0. The van der Waals surface area contributed by atoms with Crippen molar-refractivity contribution in [3.8, 4) is 0 Å². The molecule has 0 aliphatic heterocycles. The summed E-state index contributed by atoms with van der Waals surface area (Å²) in [6, 6.07) is 44.3. The first kappa shape index (κ1) is 17.6. The van der Waals surface area contributed by atoms with E-state index in [0.29, 0.717) is 0 Å². The normalized spacial score (nSPS) is 12.9. The van der Waals surface area contributed by atoms with Crippen molar-refractivity contribution in [1.82, 2.24) is 0 Å². The maximum atomic E-state index is 2.85. The second-order valence-electron chi connectivity index (χ2n) is 6.35. The van der Waals surface area contributed by atoms with Crippen molar-refractivity contribution >= 4 is 46.6 Å². The minimum atomic E-state index is -3.58. The molecule has 4 aromatic rings. The SMILES string of the molecule is I[As](c1ccccc1)(c1ccccc1)(c1ccccc1)c1ccccc1. The van der Waals surface area contributed by atoms with Crippen LogP contribution < -0.4 is 17.4 Å². The van der Waals surface area contributed by atoms with E-state index in [1.165, 1.54) is 17.4 Å². The van der Waals surface area contributed by atoms with Gasteiger partial charge in [0, 0.05) is 0 Å².